The molecular formula is C18H23NO3. The number of hydrogen-bond acceptors (Lipinski definition) is 3. The van der Waals surface area contributed by atoms with Gasteiger partial charge < -0.3 is 10.1 Å². The van der Waals surface area contributed by atoms with Crippen molar-refractivity contribution in [3.63, 3.8) is 0 Å². The third kappa shape index (κ3) is 3.21. The van der Waals surface area contributed by atoms with Crippen LogP contribution in [0.15, 0.2) is 42.5 Å². The molecule has 0 bridgehead atoms. The highest BCUT2D eigenvalue weighted by Crippen LogP contribution is 2.39. The summed E-state index contributed by atoms with van der Waals surface area (Å²) in [4.78, 5) is 24.8. The van der Waals surface area contributed by atoms with Gasteiger partial charge in [0, 0.05) is 0 Å². The van der Waals surface area contributed by atoms with Crippen molar-refractivity contribution in [1.29, 1.82) is 0 Å². The van der Waals surface area contributed by atoms with Crippen molar-refractivity contribution in [2.24, 2.45) is 11.3 Å². The van der Waals surface area contributed by atoms with E-state index >= 15 is 0 Å². The van der Waals surface area contributed by atoms with E-state index in [0.717, 1.165) is 5.56 Å². The molecule has 0 aliphatic heterocycles. The third-order valence-electron chi connectivity index (χ3n) is 4.50. The fourth-order valence-corrected chi connectivity index (χ4v) is 2.90. The molecule has 0 radical (unpaired) electrons. The summed E-state index contributed by atoms with van der Waals surface area (Å²) in [6.07, 6.45) is 4.99. The van der Waals surface area contributed by atoms with Gasteiger partial charge in [0.05, 0.1) is 24.5 Å². The van der Waals surface area contributed by atoms with Gasteiger partial charge in [0.1, 0.15) is 0 Å². The minimum absolute atomic E-state index is 0.102. The first kappa shape index (κ1) is 16.3. The van der Waals surface area contributed by atoms with E-state index in [9.17, 15) is 9.59 Å². The number of hydrogen-bond donors (Lipinski definition) is 1. The number of rotatable bonds is 4. The molecular weight excluding hydrogens is 278 g/mol. The van der Waals surface area contributed by atoms with Crippen LogP contribution in [0.2, 0.25) is 0 Å². The second-order valence-corrected chi connectivity index (χ2v) is 6.01. The van der Waals surface area contributed by atoms with E-state index in [1.54, 1.807) is 0 Å². The van der Waals surface area contributed by atoms with Crippen molar-refractivity contribution >= 4 is 11.9 Å². The molecule has 1 aliphatic carbocycles. The lowest BCUT2D eigenvalue weighted by Gasteiger charge is -2.36. The van der Waals surface area contributed by atoms with E-state index < -0.39 is 11.3 Å². The first-order chi connectivity index (χ1) is 10.5. The predicted molar refractivity (Wildman–Crippen MR) is 85.0 cm³/mol. The molecule has 4 heteroatoms. The highest BCUT2D eigenvalue weighted by molar-refractivity contribution is 5.89. The van der Waals surface area contributed by atoms with Crippen LogP contribution in [0.4, 0.5) is 0 Å². The molecule has 1 aliphatic rings. The number of methoxy groups -OCH3 is 1. The molecule has 0 fully saturated rings. The van der Waals surface area contributed by atoms with Gasteiger partial charge in [-0.2, -0.15) is 0 Å². The Hall–Kier alpha value is -2.10. The van der Waals surface area contributed by atoms with Gasteiger partial charge in [-0.3, -0.25) is 9.59 Å². The smallest absolute Gasteiger partial charge is 0.310 e. The molecule has 0 saturated heterocycles. The standard InChI is InChI=1S/C18H23NO3/c1-13(14-9-5-4-6-10-14)19-17(21)18(2)12-8-7-11-15(18)16(20)22-3/h4-10,13,15H,11-12H2,1-3H3,(H,19,21)/t13-,15+,18+/m0/s1. The minimum Gasteiger partial charge on any atom is -0.469 e. The summed E-state index contributed by atoms with van der Waals surface area (Å²) in [5.74, 6) is -0.872. The van der Waals surface area contributed by atoms with Crippen molar-refractivity contribution in [3.05, 3.63) is 48.0 Å². The largest absolute Gasteiger partial charge is 0.469 e. The topological polar surface area (TPSA) is 55.4 Å². The Kier molecular flexibility index (Phi) is 5.01. The first-order valence-electron chi connectivity index (χ1n) is 7.57. The van der Waals surface area contributed by atoms with Crippen LogP contribution in [-0.2, 0) is 14.3 Å². The van der Waals surface area contributed by atoms with E-state index in [4.69, 9.17) is 4.74 Å². The van der Waals surface area contributed by atoms with Gasteiger partial charge in [0.25, 0.3) is 0 Å². The summed E-state index contributed by atoms with van der Waals surface area (Å²) in [5, 5.41) is 3.03. The summed E-state index contributed by atoms with van der Waals surface area (Å²) < 4.78 is 4.87. The molecule has 0 heterocycles. The third-order valence-corrected chi connectivity index (χ3v) is 4.50. The number of carbonyl (C=O) groups excluding carboxylic acids is 2. The lowest BCUT2D eigenvalue weighted by molar-refractivity contribution is -0.155. The van der Waals surface area contributed by atoms with Gasteiger partial charge >= 0.3 is 5.97 Å². The van der Waals surface area contributed by atoms with Crippen LogP contribution in [0.3, 0.4) is 0 Å². The normalized spacial score (nSPS) is 25.3. The molecule has 0 spiro atoms. The van der Waals surface area contributed by atoms with Crippen molar-refractivity contribution in [1.82, 2.24) is 5.32 Å². The Morgan fingerprint density at radius 2 is 1.95 bits per heavy atom. The molecule has 118 valence electrons. The Morgan fingerprint density at radius 3 is 2.59 bits per heavy atom. The summed E-state index contributed by atoms with van der Waals surface area (Å²) >= 11 is 0. The average molecular weight is 301 g/mol. The second-order valence-electron chi connectivity index (χ2n) is 6.01. The maximum Gasteiger partial charge on any atom is 0.310 e. The number of allylic oxidation sites excluding steroid dienone is 2. The van der Waals surface area contributed by atoms with Crippen LogP contribution < -0.4 is 5.32 Å². The van der Waals surface area contributed by atoms with E-state index in [2.05, 4.69) is 5.32 Å². The van der Waals surface area contributed by atoms with E-state index in [-0.39, 0.29) is 17.9 Å². The molecule has 22 heavy (non-hydrogen) atoms. The summed E-state index contributed by atoms with van der Waals surface area (Å²) in [7, 11) is 1.37. The predicted octanol–water partition coefficient (Wildman–Crippen LogP) is 3.01. The zero-order chi connectivity index (χ0) is 16.2. The Labute approximate surface area is 131 Å². The zero-order valence-corrected chi connectivity index (χ0v) is 13.3. The van der Waals surface area contributed by atoms with Crippen LogP contribution in [0.1, 0.15) is 38.3 Å². The van der Waals surface area contributed by atoms with Crippen LogP contribution >= 0.6 is 0 Å². The van der Waals surface area contributed by atoms with Gasteiger partial charge in [-0.05, 0) is 32.3 Å². The number of ether oxygens (including phenoxy) is 1. The summed E-state index contributed by atoms with van der Waals surface area (Å²) in [5.41, 5.74) is 0.269. The maximum absolute atomic E-state index is 12.8. The number of carbonyl (C=O) groups is 2. The average Bonchev–Trinajstić information content (AvgIpc) is 2.55. The molecule has 0 saturated carbocycles. The van der Waals surface area contributed by atoms with E-state index in [1.807, 2.05) is 56.3 Å². The first-order valence-corrected chi connectivity index (χ1v) is 7.57. The molecule has 0 unspecified atom stereocenters. The summed E-state index contributed by atoms with van der Waals surface area (Å²) in [6.45, 7) is 3.79. The van der Waals surface area contributed by atoms with E-state index in [0.29, 0.717) is 12.8 Å². The van der Waals surface area contributed by atoms with Crippen molar-refractivity contribution in [3.8, 4) is 0 Å². The number of nitrogens with one attached hydrogen (secondary N) is 1. The maximum atomic E-state index is 12.8. The van der Waals surface area contributed by atoms with E-state index in [1.165, 1.54) is 7.11 Å². The molecule has 4 nitrogen and oxygen atoms in total. The van der Waals surface area contributed by atoms with Gasteiger partial charge in [-0.15, -0.1) is 0 Å². The van der Waals surface area contributed by atoms with Crippen molar-refractivity contribution in [2.75, 3.05) is 7.11 Å². The Balaban J connectivity index is 2.15. The lowest BCUT2D eigenvalue weighted by Crippen LogP contribution is -2.48. The fourth-order valence-electron chi connectivity index (χ4n) is 2.90. The summed E-state index contributed by atoms with van der Waals surface area (Å²) in [6, 6.07) is 9.69. The zero-order valence-electron chi connectivity index (χ0n) is 13.3. The Morgan fingerprint density at radius 1 is 1.27 bits per heavy atom. The quantitative estimate of drug-likeness (QED) is 0.687. The molecule has 1 aromatic rings. The van der Waals surface area contributed by atoms with Gasteiger partial charge in [-0.1, -0.05) is 42.5 Å². The van der Waals surface area contributed by atoms with Crippen LogP contribution in [0.5, 0.6) is 0 Å². The minimum atomic E-state index is -0.773. The van der Waals surface area contributed by atoms with Crippen molar-refractivity contribution in [2.45, 2.75) is 32.7 Å². The SMILES string of the molecule is COC(=O)[C@H]1CC=CC[C@@]1(C)C(=O)N[C@@H](C)c1ccccc1. The monoisotopic (exact) mass is 301 g/mol. The molecule has 1 N–H and O–H groups in total. The fraction of sp³-hybridized carbons (Fsp3) is 0.444. The number of esters is 1. The van der Waals surface area contributed by atoms with Crippen LogP contribution in [0, 0.1) is 11.3 Å². The highest BCUT2D eigenvalue weighted by Gasteiger charge is 2.46. The molecule has 2 rings (SSSR count). The van der Waals surface area contributed by atoms with Crippen LogP contribution in [0.25, 0.3) is 0 Å². The Bertz CT molecular complexity index is 567. The lowest BCUT2D eigenvalue weighted by atomic mass is 9.69. The van der Waals surface area contributed by atoms with Crippen LogP contribution in [-0.4, -0.2) is 19.0 Å². The van der Waals surface area contributed by atoms with Gasteiger partial charge in [0.2, 0.25) is 5.91 Å². The second kappa shape index (κ2) is 6.77. The molecule has 1 aromatic carbocycles. The van der Waals surface area contributed by atoms with Gasteiger partial charge in [0.15, 0.2) is 0 Å². The number of amides is 1. The van der Waals surface area contributed by atoms with Gasteiger partial charge in [-0.25, -0.2) is 0 Å². The molecule has 3 atom stereocenters. The van der Waals surface area contributed by atoms with Crippen molar-refractivity contribution < 1.29 is 14.3 Å². The number of benzene rings is 1. The highest BCUT2D eigenvalue weighted by atomic mass is 16.5. The molecule has 0 aromatic heterocycles. The molecule has 1 amide bonds.